The topological polar surface area (TPSA) is 114 Å². The van der Waals surface area contributed by atoms with Crippen molar-refractivity contribution in [1.82, 2.24) is 25.4 Å². The molecule has 2 amide bonds. The molecule has 9 nitrogen and oxygen atoms in total. The van der Waals surface area contributed by atoms with E-state index in [1.807, 2.05) is 6.07 Å². The number of aromatic nitrogens is 3. The highest BCUT2D eigenvalue weighted by Crippen LogP contribution is 2.27. The Kier molecular flexibility index (Phi) is 7.11. The fourth-order valence-electron chi connectivity index (χ4n) is 3.27. The Morgan fingerprint density at radius 3 is 2.69 bits per heavy atom. The number of nitrogens with zero attached hydrogens (tertiary/aromatic N) is 3. The van der Waals surface area contributed by atoms with E-state index < -0.39 is 17.8 Å². The van der Waals surface area contributed by atoms with Gasteiger partial charge in [0, 0.05) is 30.4 Å². The number of pyridine rings is 1. The van der Waals surface area contributed by atoms with Gasteiger partial charge in [0.1, 0.15) is 23.7 Å². The lowest BCUT2D eigenvalue weighted by Gasteiger charge is -2.08. The number of anilines is 1. The first-order chi connectivity index (χ1) is 16.8. The summed E-state index contributed by atoms with van der Waals surface area (Å²) in [7, 11) is 0. The molecule has 0 aliphatic rings. The van der Waals surface area contributed by atoms with E-state index in [-0.39, 0.29) is 18.1 Å². The Bertz CT molecular complexity index is 1320. The van der Waals surface area contributed by atoms with Crippen molar-refractivity contribution >= 4 is 28.4 Å². The molecule has 0 saturated heterocycles. The van der Waals surface area contributed by atoms with Crippen molar-refractivity contribution in [1.29, 1.82) is 0 Å². The van der Waals surface area contributed by atoms with E-state index in [1.165, 1.54) is 10.7 Å². The number of amides is 2. The van der Waals surface area contributed by atoms with E-state index in [4.69, 9.17) is 4.42 Å². The Labute approximate surface area is 197 Å². The second-order valence-electron chi connectivity index (χ2n) is 7.57. The van der Waals surface area contributed by atoms with Crippen LogP contribution in [-0.4, -0.2) is 39.7 Å². The van der Waals surface area contributed by atoms with Gasteiger partial charge in [-0.2, -0.15) is 18.3 Å². The first kappa shape index (κ1) is 24.0. The van der Waals surface area contributed by atoms with Crippen LogP contribution in [0.5, 0.6) is 0 Å². The summed E-state index contributed by atoms with van der Waals surface area (Å²) in [6, 6.07) is 11.6. The molecule has 3 aromatic heterocycles. The maximum atomic E-state index is 12.8. The highest BCUT2D eigenvalue weighted by Gasteiger charge is 2.32. The highest BCUT2D eigenvalue weighted by molar-refractivity contribution is 6.03. The van der Waals surface area contributed by atoms with Crippen LogP contribution in [0.2, 0.25) is 0 Å². The summed E-state index contributed by atoms with van der Waals surface area (Å²) in [6.07, 6.45) is -1.41. The monoisotopic (exact) mass is 486 g/mol. The van der Waals surface area contributed by atoms with Crippen molar-refractivity contribution in [2.24, 2.45) is 0 Å². The van der Waals surface area contributed by atoms with E-state index in [9.17, 15) is 22.8 Å². The molecule has 4 rings (SSSR count). The van der Waals surface area contributed by atoms with Crippen LogP contribution in [-0.2, 0) is 24.1 Å². The lowest BCUT2D eigenvalue weighted by Crippen LogP contribution is -2.33. The van der Waals surface area contributed by atoms with Crippen LogP contribution in [0.15, 0.2) is 65.4 Å². The van der Waals surface area contributed by atoms with Crippen LogP contribution in [0.25, 0.3) is 10.9 Å². The molecule has 4 aromatic rings. The zero-order valence-corrected chi connectivity index (χ0v) is 18.3. The summed E-state index contributed by atoms with van der Waals surface area (Å²) in [5, 5.41) is 13.4. The van der Waals surface area contributed by atoms with Gasteiger partial charge in [0.2, 0.25) is 5.91 Å². The largest absolute Gasteiger partial charge is 0.468 e. The molecule has 12 heteroatoms. The average Bonchev–Trinajstić information content (AvgIpc) is 3.47. The maximum absolute atomic E-state index is 12.8. The number of furan rings is 1. The summed E-state index contributed by atoms with van der Waals surface area (Å²) in [6.45, 7) is 1.57. The molecular formula is C23H21F3N6O3. The van der Waals surface area contributed by atoms with E-state index in [2.05, 4.69) is 26.0 Å². The van der Waals surface area contributed by atoms with Gasteiger partial charge in [-0.15, -0.1) is 0 Å². The summed E-state index contributed by atoms with van der Waals surface area (Å²) in [4.78, 5) is 27.9. The van der Waals surface area contributed by atoms with Crippen LogP contribution in [0.1, 0.15) is 21.9 Å². The lowest BCUT2D eigenvalue weighted by atomic mass is 10.2. The number of halogens is 3. The van der Waals surface area contributed by atoms with Gasteiger partial charge < -0.3 is 20.4 Å². The Balaban J connectivity index is 1.30. The van der Waals surface area contributed by atoms with E-state index in [0.717, 1.165) is 17.9 Å². The molecule has 182 valence electrons. The van der Waals surface area contributed by atoms with Crippen molar-refractivity contribution in [2.45, 2.75) is 19.3 Å². The molecule has 0 unspecified atom stereocenters. The summed E-state index contributed by atoms with van der Waals surface area (Å²) in [5.74, 6) is -0.189. The fourth-order valence-corrected chi connectivity index (χ4v) is 3.27. The number of carbonyl (C=O) groups excluding carboxylic acids is 2. The van der Waals surface area contributed by atoms with Crippen molar-refractivity contribution in [3.8, 4) is 0 Å². The second kappa shape index (κ2) is 10.4. The van der Waals surface area contributed by atoms with Crippen molar-refractivity contribution in [2.75, 3.05) is 18.4 Å². The van der Waals surface area contributed by atoms with Crippen LogP contribution >= 0.6 is 0 Å². The van der Waals surface area contributed by atoms with Gasteiger partial charge in [0.05, 0.1) is 18.3 Å². The van der Waals surface area contributed by atoms with Crippen LogP contribution in [0, 0.1) is 0 Å². The summed E-state index contributed by atoms with van der Waals surface area (Å²) in [5.41, 5.74) is -0.555. The quantitative estimate of drug-likeness (QED) is 0.313. The second-order valence-corrected chi connectivity index (χ2v) is 7.57. The zero-order chi connectivity index (χ0) is 24.8. The molecule has 3 N–H and O–H groups in total. The van der Waals surface area contributed by atoms with Crippen molar-refractivity contribution < 1.29 is 27.2 Å². The molecule has 0 bridgehead atoms. The molecule has 0 saturated carbocycles. The smallest absolute Gasteiger partial charge is 0.433 e. The number of hydrogen-bond donors (Lipinski definition) is 3. The van der Waals surface area contributed by atoms with Crippen LogP contribution in [0.3, 0.4) is 0 Å². The van der Waals surface area contributed by atoms with Gasteiger partial charge in [-0.25, -0.2) is 4.98 Å². The van der Waals surface area contributed by atoms with Gasteiger partial charge in [-0.3, -0.25) is 14.3 Å². The van der Waals surface area contributed by atoms with E-state index in [1.54, 1.807) is 36.7 Å². The molecule has 35 heavy (non-hydrogen) atoms. The van der Waals surface area contributed by atoms with Crippen molar-refractivity contribution in [3.63, 3.8) is 0 Å². The van der Waals surface area contributed by atoms with Crippen molar-refractivity contribution in [3.05, 3.63) is 78.1 Å². The summed E-state index contributed by atoms with van der Waals surface area (Å²) < 4.78 is 45.2. The third-order valence-electron chi connectivity index (χ3n) is 4.89. The molecule has 0 atom stereocenters. The number of alkyl halides is 3. The third-order valence-corrected chi connectivity index (χ3v) is 4.89. The summed E-state index contributed by atoms with van der Waals surface area (Å²) >= 11 is 0. The third kappa shape index (κ3) is 6.44. The number of rotatable bonds is 9. The van der Waals surface area contributed by atoms with Crippen LogP contribution in [0.4, 0.5) is 18.9 Å². The first-order valence-corrected chi connectivity index (χ1v) is 10.6. The van der Waals surface area contributed by atoms with Crippen LogP contribution < -0.4 is 16.0 Å². The predicted octanol–water partition coefficient (Wildman–Crippen LogP) is 3.20. The molecule has 3 heterocycles. The standard InChI is InChI=1S/C23H21F3N6O3/c24-23(25,26)20-5-1-4-19(30-20)22(34)29-16-6-7-18-15(11-16)13-32(31-18)14-21(33)28-9-8-27-12-17-3-2-10-35-17/h1-7,10-11,13,27H,8-9,12,14H2,(H,28,33)(H,29,34). The lowest BCUT2D eigenvalue weighted by molar-refractivity contribution is -0.141. The highest BCUT2D eigenvalue weighted by atomic mass is 19.4. The average molecular weight is 486 g/mol. The Morgan fingerprint density at radius 1 is 1.06 bits per heavy atom. The van der Waals surface area contributed by atoms with Gasteiger partial charge in [-0.1, -0.05) is 6.07 Å². The minimum atomic E-state index is -4.65. The normalized spacial score (nSPS) is 11.5. The number of hydrogen-bond acceptors (Lipinski definition) is 6. The fraction of sp³-hybridized carbons (Fsp3) is 0.217. The zero-order valence-electron chi connectivity index (χ0n) is 18.3. The number of benzene rings is 1. The van der Waals surface area contributed by atoms with Gasteiger partial charge in [0.15, 0.2) is 0 Å². The van der Waals surface area contributed by atoms with E-state index >= 15 is 0 Å². The SMILES string of the molecule is O=C(Cn1cc2cc(NC(=O)c3cccc(C(F)(F)F)n3)ccc2n1)NCCNCc1ccco1. The Morgan fingerprint density at radius 2 is 1.91 bits per heavy atom. The maximum Gasteiger partial charge on any atom is 0.433 e. The molecule has 1 aromatic carbocycles. The first-order valence-electron chi connectivity index (χ1n) is 10.6. The van der Waals surface area contributed by atoms with Gasteiger partial charge >= 0.3 is 6.18 Å². The molecule has 0 radical (unpaired) electrons. The molecule has 0 aliphatic heterocycles. The number of fused-ring (bicyclic) bond motifs is 1. The molecule has 0 spiro atoms. The van der Waals surface area contributed by atoms with E-state index in [0.29, 0.717) is 36.2 Å². The minimum absolute atomic E-state index is 0.00269. The molecular weight excluding hydrogens is 465 g/mol. The van der Waals surface area contributed by atoms with Gasteiger partial charge in [-0.05, 0) is 42.5 Å². The minimum Gasteiger partial charge on any atom is -0.468 e. The number of carbonyl (C=O) groups is 2. The predicted molar refractivity (Wildman–Crippen MR) is 120 cm³/mol. The molecule has 0 fully saturated rings. The van der Waals surface area contributed by atoms with Gasteiger partial charge in [0.25, 0.3) is 5.91 Å². The number of nitrogens with one attached hydrogen (secondary N) is 3. The Hall–Kier alpha value is -4.19. The molecule has 0 aliphatic carbocycles.